The highest BCUT2D eigenvalue weighted by molar-refractivity contribution is 4.84. The van der Waals surface area contributed by atoms with Crippen molar-refractivity contribution in [2.24, 2.45) is 11.3 Å². The fourth-order valence-corrected chi connectivity index (χ4v) is 2.07. The lowest BCUT2D eigenvalue weighted by Gasteiger charge is -2.31. The second-order valence-electron chi connectivity index (χ2n) is 6.23. The van der Waals surface area contributed by atoms with Crippen LogP contribution in [0.5, 0.6) is 0 Å². The molecule has 0 spiro atoms. The predicted octanol–water partition coefficient (Wildman–Crippen LogP) is 3.22. The summed E-state index contributed by atoms with van der Waals surface area (Å²) in [6.45, 7) is 9.20. The summed E-state index contributed by atoms with van der Waals surface area (Å²) in [5.74, 6) is 0.796. The summed E-state index contributed by atoms with van der Waals surface area (Å²) in [7, 11) is 1.79. The number of hydrogen-bond donors (Lipinski definition) is 1. The lowest BCUT2D eigenvalue weighted by molar-refractivity contribution is 0.176. The molecule has 0 aromatic heterocycles. The topological polar surface area (TPSA) is 21.3 Å². The molecule has 1 unspecified atom stereocenters. The molecule has 1 saturated carbocycles. The molecule has 1 aliphatic rings. The van der Waals surface area contributed by atoms with E-state index in [9.17, 15) is 0 Å². The van der Waals surface area contributed by atoms with E-state index < -0.39 is 0 Å². The van der Waals surface area contributed by atoms with Crippen molar-refractivity contribution in [3.8, 4) is 0 Å². The Morgan fingerprint density at radius 1 is 1.25 bits per heavy atom. The third-order valence-corrected chi connectivity index (χ3v) is 3.61. The number of ether oxygens (including phenoxy) is 1. The molecule has 2 nitrogen and oxygen atoms in total. The van der Waals surface area contributed by atoms with Crippen LogP contribution in [0.15, 0.2) is 0 Å². The molecule has 1 N–H and O–H groups in total. The third kappa shape index (κ3) is 5.86. The van der Waals surface area contributed by atoms with E-state index in [2.05, 4.69) is 26.1 Å². The highest BCUT2D eigenvalue weighted by atomic mass is 16.5. The standard InChI is InChI=1S/C14H29NO/c1-14(2,3)12(7-5-6-10-16-4)11-15-13-8-9-13/h12-13,15H,5-11H2,1-4H3. The highest BCUT2D eigenvalue weighted by Gasteiger charge is 2.27. The van der Waals surface area contributed by atoms with E-state index in [0.29, 0.717) is 5.41 Å². The summed E-state index contributed by atoms with van der Waals surface area (Å²) in [4.78, 5) is 0. The zero-order valence-corrected chi connectivity index (χ0v) is 11.5. The number of methoxy groups -OCH3 is 1. The molecule has 1 atom stereocenters. The van der Waals surface area contributed by atoms with Gasteiger partial charge in [-0.25, -0.2) is 0 Å². The van der Waals surface area contributed by atoms with Gasteiger partial charge in [0, 0.05) is 19.8 Å². The fourth-order valence-electron chi connectivity index (χ4n) is 2.07. The molecular weight excluding hydrogens is 198 g/mol. The van der Waals surface area contributed by atoms with Crippen molar-refractivity contribution in [2.45, 2.75) is 58.9 Å². The lowest BCUT2D eigenvalue weighted by Crippen LogP contribution is -2.33. The van der Waals surface area contributed by atoms with E-state index >= 15 is 0 Å². The Morgan fingerprint density at radius 2 is 1.94 bits per heavy atom. The van der Waals surface area contributed by atoms with Gasteiger partial charge in [0.05, 0.1) is 0 Å². The third-order valence-electron chi connectivity index (χ3n) is 3.61. The maximum absolute atomic E-state index is 5.10. The molecule has 1 fully saturated rings. The van der Waals surface area contributed by atoms with Crippen molar-refractivity contribution in [3.63, 3.8) is 0 Å². The summed E-state index contributed by atoms with van der Waals surface area (Å²) in [6.07, 6.45) is 6.60. The second-order valence-corrected chi connectivity index (χ2v) is 6.23. The molecule has 0 saturated heterocycles. The number of unbranched alkanes of at least 4 members (excludes halogenated alkanes) is 1. The molecule has 0 amide bonds. The first-order valence-electron chi connectivity index (χ1n) is 6.76. The zero-order chi connectivity index (χ0) is 12.0. The molecule has 0 aromatic carbocycles. The van der Waals surface area contributed by atoms with E-state index in [1.165, 1.54) is 38.6 Å². The summed E-state index contributed by atoms with van der Waals surface area (Å²) in [6, 6.07) is 0.837. The average Bonchev–Trinajstić information content (AvgIpc) is 2.98. The maximum atomic E-state index is 5.10. The summed E-state index contributed by atoms with van der Waals surface area (Å²) in [5.41, 5.74) is 0.426. The van der Waals surface area contributed by atoms with E-state index in [0.717, 1.165) is 18.6 Å². The first-order chi connectivity index (χ1) is 7.54. The Kier molecular flexibility index (Phi) is 5.77. The van der Waals surface area contributed by atoms with E-state index in [4.69, 9.17) is 4.74 Å². The highest BCUT2D eigenvalue weighted by Crippen LogP contribution is 2.30. The van der Waals surface area contributed by atoms with E-state index in [1.54, 1.807) is 7.11 Å². The van der Waals surface area contributed by atoms with Crippen LogP contribution in [-0.4, -0.2) is 26.3 Å². The molecule has 2 heteroatoms. The first kappa shape index (κ1) is 14.0. The van der Waals surface area contributed by atoms with Crippen LogP contribution in [0.25, 0.3) is 0 Å². The van der Waals surface area contributed by atoms with Crippen LogP contribution in [0.2, 0.25) is 0 Å². The predicted molar refractivity (Wildman–Crippen MR) is 69.7 cm³/mol. The van der Waals surface area contributed by atoms with Gasteiger partial charge < -0.3 is 10.1 Å². The number of nitrogens with one attached hydrogen (secondary N) is 1. The van der Waals surface area contributed by atoms with Gasteiger partial charge in [0.2, 0.25) is 0 Å². The minimum atomic E-state index is 0.426. The Hall–Kier alpha value is -0.0800. The summed E-state index contributed by atoms with van der Waals surface area (Å²) >= 11 is 0. The van der Waals surface area contributed by atoms with Gasteiger partial charge in [0.25, 0.3) is 0 Å². The van der Waals surface area contributed by atoms with Crippen molar-refractivity contribution in [2.75, 3.05) is 20.3 Å². The fraction of sp³-hybridized carbons (Fsp3) is 1.00. The number of hydrogen-bond acceptors (Lipinski definition) is 2. The van der Waals surface area contributed by atoms with Crippen molar-refractivity contribution in [3.05, 3.63) is 0 Å². The van der Waals surface area contributed by atoms with E-state index in [1.807, 2.05) is 0 Å². The first-order valence-corrected chi connectivity index (χ1v) is 6.76. The molecule has 0 heterocycles. The van der Waals surface area contributed by atoms with Crippen LogP contribution in [-0.2, 0) is 4.74 Å². The number of rotatable bonds is 8. The van der Waals surface area contributed by atoms with Crippen molar-refractivity contribution in [1.29, 1.82) is 0 Å². The lowest BCUT2D eigenvalue weighted by atomic mass is 9.78. The quantitative estimate of drug-likeness (QED) is 0.643. The average molecular weight is 227 g/mol. The van der Waals surface area contributed by atoms with Gasteiger partial charge in [0.1, 0.15) is 0 Å². The van der Waals surface area contributed by atoms with Gasteiger partial charge in [-0.05, 0) is 43.6 Å². The zero-order valence-electron chi connectivity index (χ0n) is 11.5. The molecule has 16 heavy (non-hydrogen) atoms. The summed E-state index contributed by atoms with van der Waals surface area (Å²) < 4.78 is 5.10. The van der Waals surface area contributed by atoms with Crippen LogP contribution in [0.4, 0.5) is 0 Å². The Balaban J connectivity index is 2.19. The van der Waals surface area contributed by atoms with Gasteiger partial charge >= 0.3 is 0 Å². The minimum Gasteiger partial charge on any atom is -0.385 e. The van der Waals surface area contributed by atoms with Crippen LogP contribution in [0, 0.1) is 11.3 Å². The monoisotopic (exact) mass is 227 g/mol. The molecule has 0 aliphatic heterocycles. The van der Waals surface area contributed by atoms with E-state index in [-0.39, 0.29) is 0 Å². The normalized spacial score (nSPS) is 18.8. The van der Waals surface area contributed by atoms with Crippen molar-refractivity contribution in [1.82, 2.24) is 5.32 Å². The minimum absolute atomic E-state index is 0.426. The molecule has 96 valence electrons. The molecule has 1 aliphatic carbocycles. The molecular formula is C14H29NO. The summed E-state index contributed by atoms with van der Waals surface area (Å²) in [5, 5.41) is 3.67. The van der Waals surface area contributed by atoms with Crippen molar-refractivity contribution < 1.29 is 4.74 Å². The van der Waals surface area contributed by atoms with Crippen LogP contribution in [0.3, 0.4) is 0 Å². The Labute approximate surface area is 101 Å². The van der Waals surface area contributed by atoms with Crippen molar-refractivity contribution >= 4 is 0 Å². The Bertz CT molecular complexity index is 182. The molecule has 0 radical (unpaired) electrons. The van der Waals surface area contributed by atoms with Crippen LogP contribution in [0.1, 0.15) is 52.9 Å². The van der Waals surface area contributed by atoms with Gasteiger partial charge in [-0.3, -0.25) is 0 Å². The van der Waals surface area contributed by atoms with Crippen LogP contribution >= 0.6 is 0 Å². The molecule has 1 rings (SSSR count). The van der Waals surface area contributed by atoms with Crippen LogP contribution < -0.4 is 5.32 Å². The second kappa shape index (κ2) is 6.61. The SMILES string of the molecule is COCCCCC(CNC1CC1)C(C)(C)C. The largest absolute Gasteiger partial charge is 0.385 e. The maximum Gasteiger partial charge on any atom is 0.0462 e. The van der Waals surface area contributed by atoms with Gasteiger partial charge in [-0.15, -0.1) is 0 Å². The Morgan fingerprint density at radius 3 is 2.44 bits per heavy atom. The smallest absolute Gasteiger partial charge is 0.0462 e. The molecule has 0 aromatic rings. The van der Waals surface area contributed by atoms with Gasteiger partial charge in [-0.1, -0.05) is 27.2 Å². The van der Waals surface area contributed by atoms with Gasteiger partial charge in [0.15, 0.2) is 0 Å². The van der Waals surface area contributed by atoms with Gasteiger partial charge in [-0.2, -0.15) is 0 Å². The molecule has 0 bridgehead atoms.